The van der Waals surface area contributed by atoms with Crippen LogP contribution >= 0.6 is 43.2 Å². The zero-order valence-corrected chi connectivity index (χ0v) is 15.7. The summed E-state index contributed by atoms with van der Waals surface area (Å²) < 4.78 is 28.1. The molecule has 0 atom stereocenters. The lowest BCUT2D eigenvalue weighted by atomic mass is 10.2. The molecule has 0 fully saturated rings. The summed E-state index contributed by atoms with van der Waals surface area (Å²) in [6.07, 6.45) is 0. The van der Waals surface area contributed by atoms with Crippen LogP contribution in [0.15, 0.2) is 42.8 Å². The molecule has 1 aromatic carbocycles. The Balaban J connectivity index is 2.29. The fourth-order valence-corrected chi connectivity index (χ4v) is 5.26. The molecule has 0 N–H and O–H groups in total. The minimum Gasteiger partial charge on any atom is -0.207 e. The highest BCUT2D eigenvalue weighted by Crippen LogP contribution is 2.27. The molecule has 0 aliphatic carbocycles. The maximum Gasteiger partial charge on any atom is 0.244 e. The molecule has 1 heterocycles. The predicted octanol–water partition coefficient (Wildman–Crippen LogP) is 4.40. The van der Waals surface area contributed by atoms with Crippen LogP contribution in [0, 0.1) is 6.92 Å². The quantitative estimate of drug-likeness (QED) is 0.709. The second kappa shape index (κ2) is 6.27. The lowest BCUT2D eigenvalue weighted by molar-refractivity contribution is 0.467. The van der Waals surface area contributed by atoms with Crippen LogP contribution in [0.5, 0.6) is 0 Å². The SMILES string of the molecule is Cc1ccc(S(=O)(=O)N(C)Cc2csc(Br)c2)c(Br)c1. The Morgan fingerprint density at radius 1 is 1.25 bits per heavy atom. The minimum absolute atomic E-state index is 0.292. The second-order valence-corrected chi connectivity index (χ2v) is 9.61. The number of halogens is 2. The monoisotopic (exact) mass is 437 g/mol. The standard InChI is InChI=1S/C13H13Br2NO2S2/c1-9-3-4-12(11(14)5-9)20(17,18)16(2)7-10-6-13(15)19-8-10/h3-6,8H,7H2,1-2H3. The number of rotatable bonds is 4. The molecular weight excluding hydrogens is 426 g/mol. The van der Waals surface area contributed by atoms with Crippen molar-refractivity contribution < 1.29 is 8.42 Å². The molecule has 0 saturated heterocycles. The van der Waals surface area contributed by atoms with Gasteiger partial charge in [0.1, 0.15) is 0 Å². The number of thiophene rings is 1. The van der Waals surface area contributed by atoms with Crippen LogP contribution in [0.2, 0.25) is 0 Å². The Morgan fingerprint density at radius 2 is 1.95 bits per heavy atom. The van der Waals surface area contributed by atoms with Crippen LogP contribution in [0.25, 0.3) is 0 Å². The third-order valence-electron chi connectivity index (χ3n) is 2.80. The van der Waals surface area contributed by atoms with Gasteiger partial charge < -0.3 is 0 Å². The van der Waals surface area contributed by atoms with Crippen molar-refractivity contribution in [3.63, 3.8) is 0 Å². The number of sulfonamides is 1. The molecule has 0 unspecified atom stereocenters. The van der Waals surface area contributed by atoms with Gasteiger partial charge in [-0.2, -0.15) is 4.31 Å². The van der Waals surface area contributed by atoms with Gasteiger partial charge >= 0.3 is 0 Å². The number of hydrogen-bond donors (Lipinski definition) is 0. The molecule has 0 aliphatic rings. The first kappa shape index (κ1) is 16.2. The second-order valence-electron chi connectivity index (χ2n) is 4.45. The summed E-state index contributed by atoms with van der Waals surface area (Å²) in [5, 5.41) is 1.94. The van der Waals surface area contributed by atoms with Crippen molar-refractivity contribution in [3.05, 3.63) is 49.0 Å². The van der Waals surface area contributed by atoms with Crippen molar-refractivity contribution in [2.24, 2.45) is 0 Å². The van der Waals surface area contributed by atoms with E-state index in [9.17, 15) is 8.42 Å². The van der Waals surface area contributed by atoms with Gasteiger partial charge in [-0.15, -0.1) is 11.3 Å². The molecule has 2 rings (SSSR count). The topological polar surface area (TPSA) is 37.4 Å². The van der Waals surface area contributed by atoms with Crippen molar-refractivity contribution >= 4 is 53.2 Å². The highest BCUT2D eigenvalue weighted by molar-refractivity contribution is 9.11. The predicted molar refractivity (Wildman–Crippen MR) is 89.6 cm³/mol. The van der Waals surface area contributed by atoms with Gasteiger partial charge in [0.2, 0.25) is 10.0 Å². The Hall–Kier alpha value is -0.210. The summed E-state index contributed by atoms with van der Waals surface area (Å²) >= 11 is 8.25. The minimum atomic E-state index is -3.50. The molecule has 108 valence electrons. The van der Waals surface area contributed by atoms with Crippen molar-refractivity contribution in [1.82, 2.24) is 4.31 Å². The van der Waals surface area contributed by atoms with E-state index in [0.29, 0.717) is 15.9 Å². The van der Waals surface area contributed by atoms with E-state index in [2.05, 4.69) is 31.9 Å². The number of hydrogen-bond acceptors (Lipinski definition) is 3. The first-order valence-corrected chi connectivity index (χ1v) is 9.66. The molecule has 7 heteroatoms. The zero-order chi connectivity index (χ0) is 14.9. The van der Waals surface area contributed by atoms with Gasteiger partial charge in [-0.1, -0.05) is 6.07 Å². The van der Waals surface area contributed by atoms with Gasteiger partial charge in [-0.05, 0) is 73.5 Å². The summed E-state index contributed by atoms with van der Waals surface area (Å²) in [6, 6.07) is 7.17. The largest absolute Gasteiger partial charge is 0.244 e. The van der Waals surface area contributed by atoms with Gasteiger partial charge in [-0.3, -0.25) is 0 Å². The Labute approximate surface area is 139 Å². The molecular formula is C13H13Br2NO2S2. The van der Waals surface area contributed by atoms with Crippen LogP contribution in [-0.4, -0.2) is 19.8 Å². The van der Waals surface area contributed by atoms with E-state index in [-0.39, 0.29) is 0 Å². The van der Waals surface area contributed by atoms with Crippen LogP contribution in [-0.2, 0) is 16.6 Å². The van der Waals surface area contributed by atoms with Crippen molar-refractivity contribution in [2.45, 2.75) is 18.4 Å². The Kier molecular flexibility index (Phi) is 5.07. The third-order valence-corrected chi connectivity index (χ3v) is 7.14. The van der Waals surface area contributed by atoms with E-state index in [1.807, 2.05) is 24.4 Å². The first-order chi connectivity index (χ1) is 9.30. The van der Waals surface area contributed by atoms with Crippen LogP contribution in [0.1, 0.15) is 11.1 Å². The van der Waals surface area contributed by atoms with Gasteiger partial charge in [0.05, 0.1) is 8.68 Å². The Bertz CT molecular complexity index is 726. The van der Waals surface area contributed by atoms with E-state index in [0.717, 1.165) is 14.9 Å². The smallest absolute Gasteiger partial charge is 0.207 e. The van der Waals surface area contributed by atoms with Crippen molar-refractivity contribution in [2.75, 3.05) is 7.05 Å². The van der Waals surface area contributed by atoms with E-state index in [1.165, 1.54) is 4.31 Å². The normalized spacial score (nSPS) is 12.1. The highest BCUT2D eigenvalue weighted by Gasteiger charge is 2.23. The molecule has 0 amide bonds. The number of benzene rings is 1. The van der Waals surface area contributed by atoms with Crippen LogP contribution < -0.4 is 0 Å². The molecule has 0 bridgehead atoms. The summed E-state index contributed by atoms with van der Waals surface area (Å²) in [5.41, 5.74) is 1.98. The molecule has 20 heavy (non-hydrogen) atoms. The zero-order valence-electron chi connectivity index (χ0n) is 10.9. The maximum atomic E-state index is 12.6. The van der Waals surface area contributed by atoms with Gasteiger partial charge in [0, 0.05) is 18.1 Å². The maximum absolute atomic E-state index is 12.6. The average Bonchev–Trinajstić information content (AvgIpc) is 2.74. The molecule has 1 aromatic heterocycles. The third kappa shape index (κ3) is 3.51. The molecule has 2 aromatic rings. The fraction of sp³-hybridized carbons (Fsp3) is 0.231. The summed E-state index contributed by atoms with van der Waals surface area (Å²) in [6.45, 7) is 2.28. The van der Waals surface area contributed by atoms with Crippen molar-refractivity contribution in [3.8, 4) is 0 Å². The van der Waals surface area contributed by atoms with Gasteiger partial charge in [-0.25, -0.2) is 8.42 Å². The average molecular weight is 439 g/mol. The molecule has 3 nitrogen and oxygen atoms in total. The summed E-state index contributed by atoms with van der Waals surface area (Å²) in [4.78, 5) is 0.292. The van der Waals surface area contributed by atoms with Crippen molar-refractivity contribution in [1.29, 1.82) is 0 Å². The number of nitrogens with zero attached hydrogens (tertiary/aromatic N) is 1. The van der Waals surface area contributed by atoms with Gasteiger partial charge in [0.25, 0.3) is 0 Å². The van der Waals surface area contributed by atoms with E-state index in [4.69, 9.17) is 0 Å². The first-order valence-electron chi connectivity index (χ1n) is 5.76. The van der Waals surface area contributed by atoms with E-state index in [1.54, 1.807) is 30.5 Å². The molecule has 0 saturated carbocycles. The molecule has 0 radical (unpaired) electrons. The fourth-order valence-electron chi connectivity index (χ4n) is 1.75. The van der Waals surface area contributed by atoms with E-state index >= 15 is 0 Å². The molecule has 0 aliphatic heterocycles. The lowest BCUT2D eigenvalue weighted by Gasteiger charge is -2.17. The van der Waals surface area contributed by atoms with Crippen LogP contribution in [0.4, 0.5) is 0 Å². The van der Waals surface area contributed by atoms with E-state index < -0.39 is 10.0 Å². The number of aryl methyl sites for hydroxylation is 1. The molecule has 0 spiro atoms. The summed E-state index contributed by atoms with van der Waals surface area (Å²) in [5.74, 6) is 0. The lowest BCUT2D eigenvalue weighted by Crippen LogP contribution is -2.26. The highest BCUT2D eigenvalue weighted by atomic mass is 79.9. The van der Waals surface area contributed by atoms with Gasteiger partial charge in [0.15, 0.2) is 0 Å². The Morgan fingerprint density at radius 3 is 2.50 bits per heavy atom. The summed E-state index contributed by atoms with van der Waals surface area (Å²) in [7, 11) is -1.91. The van der Waals surface area contributed by atoms with Crippen LogP contribution in [0.3, 0.4) is 0 Å².